The fourth-order valence-electron chi connectivity index (χ4n) is 4.02. The van der Waals surface area contributed by atoms with E-state index in [1.807, 2.05) is 12.4 Å². The quantitative estimate of drug-likeness (QED) is 0.616. The molecule has 0 fully saturated rings. The second-order valence-corrected chi connectivity index (χ2v) is 8.81. The second kappa shape index (κ2) is 6.65. The Morgan fingerprint density at radius 1 is 1.11 bits per heavy atom. The summed E-state index contributed by atoms with van der Waals surface area (Å²) in [4.78, 5) is 6.57. The monoisotopic (exact) mass is 359 g/mol. The average molecular weight is 360 g/mol. The van der Waals surface area contributed by atoms with E-state index in [4.69, 9.17) is 0 Å². The molecule has 3 heterocycles. The number of rotatable bonds is 2. The maximum atomic E-state index is 4.15. The van der Waals surface area contributed by atoms with E-state index < -0.39 is 0 Å². The fourth-order valence-corrected chi connectivity index (χ4v) is 4.02. The number of hydrogen-bond donors (Lipinski definition) is 0. The molecule has 0 saturated carbocycles. The molecule has 1 aromatic carbocycles. The molecule has 0 atom stereocenters. The molecule has 0 bridgehead atoms. The number of likely N-dealkylation sites (N-methyl/N-ethyl adjacent to an activating group) is 1. The zero-order valence-electron chi connectivity index (χ0n) is 17.1. The van der Waals surface area contributed by atoms with Crippen molar-refractivity contribution in [2.24, 2.45) is 0 Å². The van der Waals surface area contributed by atoms with Gasteiger partial charge >= 0.3 is 0 Å². The topological polar surface area (TPSA) is 21.1 Å². The first-order valence-electron chi connectivity index (χ1n) is 9.78. The van der Waals surface area contributed by atoms with Crippen LogP contribution < -0.4 is 0 Å². The highest BCUT2D eigenvalue weighted by molar-refractivity contribution is 5.90. The number of benzene rings is 1. The molecule has 3 aromatic rings. The molecule has 0 unspecified atom stereocenters. The van der Waals surface area contributed by atoms with E-state index in [1.54, 1.807) is 0 Å². The molecule has 2 aromatic heterocycles. The van der Waals surface area contributed by atoms with Gasteiger partial charge in [0.1, 0.15) is 0 Å². The summed E-state index contributed by atoms with van der Waals surface area (Å²) in [6.07, 6.45) is 7.12. The Kier molecular flexibility index (Phi) is 4.43. The van der Waals surface area contributed by atoms with Gasteiger partial charge in [0.2, 0.25) is 0 Å². The highest BCUT2D eigenvalue weighted by atomic mass is 15.1. The molecule has 0 saturated heterocycles. The molecule has 1 aliphatic heterocycles. The molecule has 0 aliphatic carbocycles. The second-order valence-electron chi connectivity index (χ2n) is 8.81. The zero-order valence-corrected chi connectivity index (χ0v) is 17.1. The number of nitrogens with zero attached hydrogens (tertiary/aromatic N) is 3. The lowest BCUT2D eigenvalue weighted by molar-refractivity contribution is 0.312. The summed E-state index contributed by atoms with van der Waals surface area (Å²) in [6.45, 7) is 11.2. The van der Waals surface area contributed by atoms with E-state index in [0.29, 0.717) is 0 Å². The van der Waals surface area contributed by atoms with Crippen LogP contribution in [0.4, 0.5) is 0 Å². The molecule has 27 heavy (non-hydrogen) atoms. The van der Waals surface area contributed by atoms with Crippen LogP contribution in [0, 0.1) is 0 Å². The minimum Gasteiger partial charge on any atom is -0.320 e. The Morgan fingerprint density at radius 2 is 1.85 bits per heavy atom. The third kappa shape index (κ3) is 3.32. The molecule has 0 amide bonds. The van der Waals surface area contributed by atoms with Crippen LogP contribution >= 0.6 is 0 Å². The molecule has 3 heteroatoms. The minimum absolute atomic E-state index is 0.159. The van der Waals surface area contributed by atoms with Gasteiger partial charge in [-0.2, -0.15) is 0 Å². The van der Waals surface area contributed by atoms with Gasteiger partial charge in [0, 0.05) is 49.2 Å². The SMILES string of the molecule is CC(=Cn1c2c(c3cc(C(C)(C)C)ccc31)CN(C)CC2)c1ccncc1. The van der Waals surface area contributed by atoms with Crippen LogP contribution in [0.15, 0.2) is 42.7 Å². The van der Waals surface area contributed by atoms with Gasteiger partial charge in [0.05, 0.1) is 5.52 Å². The lowest BCUT2D eigenvalue weighted by atomic mass is 9.86. The van der Waals surface area contributed by atoms with Crippen molar-refractivity contribution in [1.82, 2.24) is 14.5 Å². The Balaban J connectivity index is 1.93. The Morgan fingerprint density at radius 3 is 2.56 bits per heavy atom. The minimum atomic E-state index is 0.159. The van der Waals surface area contributed by atoms with Crippen molar-refractivity contribution in [2.45, 2.75) is 46.1 Å². The summed E-state index contributed by atoms with van der Waals surface area (Å²) < 4.78 is 2.43. The van der Waals surface area contributed by atoms with Crippen LogP contribution in [0.3, 0.4) is 0 Å². The van der Waals surface area contributed by atoms with Crippen molar-refractivity contribution in [3.63, 3.8) is 0 Å². The first-order chi connectivity index (χ1) is 12.8. The van der Waals surface area contributed by atoms with Crippen LogP contribution in [-0.4, -0.2) is 28.0 Å². The van der Waals surface area contributed by atoms with Gasteiger partial charge in [-0.1, -0.05) is 26.8 Å². The lowest BCUT2D eigenvalue weighted by Crippen LogP contribution is -2.26. The van der Waals surface area contributed by atoms with Crippen LogP contribution in [0.5, 0.6) is 0 Å². The van der Waals surface area contributed by atoms with Crippen molar-refractivity contribution in [3.8, 4) is 0 Å². The van der Waals surface area contributed by atoms with E-state index in [1.165, 1.54) is 38.9 Å². The van der Waals surface area contributed by atoms with Crippen molar-refractivity contribution >= 4 is 22.7 Å². The highest BCUT2D eigenvalue weighted by Crippen LogP contribution is 2.35. The predicted octanol–water partition coefficient (Wildman–Crippen LogP) is 5.34. The molecular weight excluding hydrogens is 330 g/mol. The molecule has 4 rings (SSSR count). The van der Waals surface area contributed by atoms with E-state index >= 15 is 0 Å². The van der Waals surface area contributed by atoms with Gasteiger partial charge < -0.3 is 9.47 Å². The summed E-state index contributed by atoms with van der Waals surface area (Å²) in [7, 11) is 2.22. The molecule has 0 radical (unpaired) electrons. The molecule has 140 valence electrons. The predicted molar refractivity (Wildman–Crippen MR) is 115 cm³/mol. The lowest BCUT2D eigenvalue weighted by Gasteiger charge is -2.24. The highest BCUT2D eigenvalue weighted by Gasteiger charge is 2.23. The Labute approximate surface area is 162 Å². The molecular formula is C24H29N3. The maximum absolute atomic E-state index is 4.15. The summed E-state index contributed by atoms with van der Waals surface area (Å²) >= 11 is 0. The van der Waals surface area contributed by atoms with Crippen LogP contribution in [0.1, 0.15) is 50.1 Å². The number of pyridine rings is 1. The zero-order chi connectivity index (χ0) is 19.2. The van der Waals surface area contributed by atoms with Gasteiger partial charge in [-0.05, 0) is 65.9 Å². The normalized spacial score (nSPS) is 16.0. The first kappa shape index (κ1) is 18.0. The molecule has 0 N–H and O–H groups in total. The van der Waals surface area contributed by atoms with Gasteiger partial charge in [0.25, 0.3) is 0 Å². The number of hydrogen-bond acceptors (Lipinski definition) is 2. The number of allylic oxidation sites excluding steroid dienone is 1. The third-order valence-corrected chi connectivity index (χ3v) is 5.70. The molecule has 1 aliphatic rings. The molecule has 0 spiro atoms. The van der Waals surface area contributed by atoms with E-state index in [-0.39, 0.29) is 5.41 Å². The van der Waals surface area contributed by atoms with Crippen LogP contribution in [-0.2, 0) is 18.4 Å². The smallest absolute Gasteiger partial charge is 0.0529 e. The van der Waals surface area contributed by atoms with Crippen molar-refractivity contribution in [2.75, 3.05) is 13.6 Å². The number of aromatic nitrogens is 2. The standard InChI is InChI=1S/C24H29N3/c1-17(18-8-11-25-12-9-18)15-27-22-7-6-19(24(2,3)4)14-20(22)21-16-26(5)13-10-23(21)27/h6-9,11-12,14-15H,10,13,16H2,1-5H3. The van der Waals surface area contributed by atoms with E-state index in [0.717, 1.165) is 19.5 Å². The average Bonchev–Trinajstić information content (AvgIpc) is 2.94. The van der Waals surface area contributed by atoms with Gasteiger partial charge in [0.15, 0.2) is 0 Å². The van der Waals surface area contributed by atoms with Gasteiger partial charge in [-0.3, -0.25) is 4.98 Å². The Hall–Kier alpha value is -2.39. The largest absolute Gasteiger partial charge is 0.320 e. The summed E-state index contributed by atoms with van der Waals surface area (Å²) in [5.74, 6) is 0. The van der Waals surface area contributed by atoms with E-state index in [9.17, 15) is 0 Å². The van der Waals surface area contributed by atoms with Crippen molar-refractivity contribution < 1.29 is 0 Å². The maximum Gasteiger partial charge on any atom is 0.0529 e. The molecule has 3 nitrogen and oxygen atoms in total. The van der Waals surface area contributed by atoms with E-state index in [2.05, 4.69) is 85.7 Å². The Bertz CT molecular complexity index is 1000. The van der Waals surface area contributed by atoms with Crippen molar-refractivity contribution in [1.29, 1.82) is 0 Å². The fraction of sp³-hybridized carbons (Fsp3) is 0.375. The first-order valence-corrected chi connectivity index (χ1v) is 9.78. The van der Waals surface area contributed by atoms with Crippen LogP contribution in [0.2, 0.25) is 0 Å². The number of fused-ring (bicyclic) bond motifs is 3. The summed E-state index contributed by atoms with van der Waals surface area (Å²) in [5, 5.41) is 1.41. The van der Waals surface area contributed by atoms with Crippen LogP contribution in [0.25, 0.3) is 22.7 Å². The third-order valence-electron chi connectivity index (χ3n) is 5.70. The van der Waals surface area contributed by atoms with Gasteiger partial charge in [-0.15, -0.1) is 0 Å². The van der Waals surface area contributed by atoms with Crippen molar-refractivity contribution in [3.05, 3.63) is 65.1 Å². The summed E-state index contributed by atoms with van der Waals surface area (Å²) in [6, 6.07) is 11.2. The van der Waals surface area contributed by atoms with Gasteiger partial charge in [-0.25, -0.2) is 0 Å². The summed E-state index contributed by atoms with van der Waals surface area (Å²) in [5.41, 5.74) is 8.31.